The lowest BCUT2D eigenvalue weighted by Crippen LogP contribution is -2.55. The molecule has 0 aliphatic carbocycles. The van der Waals surface area contributed by atoms with Crippen molar-refractivity contribution in [2.24, 2.45) is 0 Å². The van der Waals surface area contributed by atoms with E-state index in [1.165, 1.54) is 0 Å². The number of benzene rings is 2. The number of carbonyl (C=O) groups is 1. The maximum absolute atomic E-state index is 12.1. The van der Waals surface area contributed by atoms with Crippen molar-refractivity contribution in [1.82, 2.24) is 10.6 Å². The second kappa shape index (κ2) is 6.62. The summed E-state index contributed by atoms with van der Waals surface area (Å²) >= 11 is 0. The van der Waals surface area contributed by atoms with E-state index in [-0.39, 0.29) is 18.0 Å². The fourth-order valence-electron chi connectivity index (χ4n) is 2.86. The standard InChI is InChI=1S/C18H20N2O2/c1-22-17-10-6-5-9-14(17)16-12-19-18(21)15(20-16)11-13-7-3-2-4-8-13/h2-10,15-16,20H,11-12H2,1H3,(H,19,21)/t15-,16-/m0/s1. The van der Waals surface area contributed by atoms with Crippen molar-refractivity contribution in [2.75, 3.05) is 13.7 Å². The summed E-state index contributed by atoms with van der Waals surface area (Å²) in [6.07, 6.45) is 0.679. The zero-order valence-corrected chi connectivity index (χ0v) is 12.6. The van der Waals surface area contributed by atoms with Crippen LogP contribution in [0.4, 0.5) is 0 Å². The van der Waals surface area contributed by atoms with E-state index < -0.39 is 0 Å². The summed E-state index contributed by atoms with van der Waals surface area (Å²) in [5.74, 6) is 0.893. The SMILES string of the molecule is COc1ccccc1[C@@H]1CNC(=O)[C@H](Cc2ccccc2)N1. The van der Waals surface area contributed by atoms with Crippen LogP contribution >= 0.6 is 0 Å². The number of rotatable bonds is 4. The number of ether oxygens (including phenoxy) is 1. The molecule has 1 saturated heterocycles. The normalized spacial score (nSPS) is 21.2. The number of hydrogen-bond donors (Lipinski definition) is 2. The first-order valence-electron chi connectivity index (χ1n) is 7.48. The number of para-hydroxylation sites is 1. The van der Waals surface area contributed by atoms with E-state index in [1.807, 2.05) is 54.6 Å². The van der Waals surface area contributed by atoms with E-state index in [2.05, 4.69) is 10.6 Å². The molecule has 3 rings (SSSR count). The molecule has 0 aromatic heterocycles. The molecule has 0 radical (unpaired) electrons. The third kappa shape index (κ3) is 3.12. The Kier molecular flexibility index (Phi) is 4.39. The molecule has 1 aliphatic heterocycles. The van der Waals surface area contributed by atoms with Crippen molar-refractivity contribution in [3.8, 4) is 5.75 Å². The van der Waals surface area contributed by atoms with Crippen molar-refractivity contribution in [1.29, 1.82) is 0 Å². The van der Waals surface area contributed by atoms with Gasteiger partial charge in [0.2, 0.25) is 5.91 Å². The molecule has 2 aromatic rings. The van der Waals surface area contributed by atoms with Crippen LogP contribution in [0.15, 0.2) is 54.6 Å². The van der Waals surface area contributed by atoms with E-state index in [4.69, 9.17) is 4.74 Å². The molecule has 4 nitrogen and oxygen atoms in total. The molecule has 1 aliphatic rings. The Morgan fingerprint density at radius 1 is 1.09 bits per heavy atom. The molecule has 4 heteroatoms. The highest BCUT2D eigenvalue weighted by molar-refractivity contribution is 5.83. The zero-order chi connectivity index (χ0) is 15.4. The van der Waals surface area contributed by atoms with Gasteiger partial charge in [0.1, 0.15) is 5.75 Å². The summed E-state index contributed by atoms with van der Waals surface area (Å²) < 4.78 is 5.43. The van der Waals surface area contributed by atoms with Crippen molar-refractivity contribution in [2.45, 2.75) is 18.5 Å². The van der Waals surface area contributed by atoms with Crippen molar-refractivity contribution < 1.29 is 9.53 Å². The van der Waals surface area contributed by atoms with Crippen LogP contribution in [-0.2, 0) is 11.2 Å². The molecule has 0 bridgehead atoms. The van der Waals surface area contributed by atoms with Crippen molar-refractivity contribution in [3.05, 3.63) is 65.7 Å². The van der Waals surface area contributed by atoms with Gasteiger partial charge in [-0.15, -0.1) is 0 Å². The molecule has 0 unspecified atom stereocenters. The number of methoxy groups -OCH3 is 1. The average Bonchev–Trinajstić information content (AvgIpc) is 2.58. The number of carbonyl (C=O) groups excluding carboxylic acids is 1. The van der Waals surface area contributed by atoms with Crippen LogP contribution in [0, 0.1) is 0 Å². The fraction of sp³-hybridized carbons (Fsp3) is 0.278. The fourth-order valence-corrected chi connectivity index (χ4v) is 2.86. The third-order valence-electron chi connectivity index (χ3n) is 4.00. The predicted octanol–water partition coefficient (Wildman–Crippen LogP) is 2.07. The van der Waals surface area contributed by atoms with Gasteiger partial charge in [-0.1, -0.05) is 48.5 Å². The van der Waals surface area contributed by atoms with E-state index in [1.54, 1.807) is 7.11 Å². The molecule has 22 heavy (non-hydrogen) atoms. The molecule has 0 spiro atoms. The van der Waals surface area contributed by atoms with Gasteiger partial charge in [0.15, 0.2) is 0 Å². The van der Waals surface area contributed by atoms with Gasteiger partial charge >= 0.3 is 0 Å². The molecule has 0 saturated carbocycles. The van der Waals surface area contributed by atoms with E-state index >= 15 is 0 Å². The highest BCUT2D eigenvalue weighted by Crippen LogP contribution is 2.26. The first-order valence-corrected chi connectivity index (χ1v) is 7.48. The molecular weight excluding hydrogens is 276 g/mol. The van der Waals surface area contributed by atoms with E-state index in [9.17, 15) is 4.79 Å². The molecule has 2 atom stereocenters. The summed E-state index contributed by atoms with van der Waals surface area (Å²) in [6, 6.07) is 17.8. The lowest BCUT2D eigenvalue weighted by Gasteiger charge is -2.32. The second-order valence-corrected chi connectivity index (χ2v) is 5.45. The van der Waals surface area contributed by atoms with Crippen LogP contribution in [0.3, 0.4) is 0 Å². The van der Waals surface area contributed by atoms with Gasteiger partial charge in [-0.25, -0.2) is 0 Å². The quantitative estimate of drug-likeness (QED) is 0.908. The molecular formula is C18H20N2O2. The van der Waals surface area contributed by atoms with E-state index in [0.717, 1.165) is 16.9 Å². The van der Waals surface area contributed by atoms with Gasteiger partial charge in [-0.05, 0) is 18.1 Å². The largest absolute Gasteiger partial charge is 0.496 e. The Labute approximate surface area is 130 Å². The molecule has 1 fully saturated rings. The monoisotopic (exact) mass is 296 g/mol. The van der Waals surface area contributed by atoms with Crippen LogP contribution in [-0.4, -0.2) is 25.6 Å². The Balaban J connectivity index is 1.77. The predicted molar refractivity (Wildman–Crippen MR) is 85.8 cm³/mol. The van der Waals surface area contributed by atoms with Gasteiger partial charge in [0, 0.05) is 12.1 Å². The maximum Gasteiger partial charge on any atom is 0.237 e. The van der Waals surface area contributed by atoms with Crippen LogP contribution < -0.4 is 15.4 Å². The minimum absolute atomic E-state index is 0.0509. The smallest absolute Gasteiger partial charge is 0.237 e. The third-order valence-corrected chi connectivity index (χ3v) is 4.00. The molecule has 1 heterocycles. The summed E-state index contributed by atoms with van der Waals surface area (Å²) in [4.78, 5) is 12.1. The summed E-state index contributed by atoms with van der Waals surface area (Å²) in [7, 11) is 1.67. The highest BCUT2D eigenvalue weighted by atomic mass is 16.5. The lowest BCUT2D eigenvalue weighted by molar-refractivity contribution is -0.125. The summed E-state index contributed by atoms with van der Waals surface area (Å²) in [5.41, 5.74) is 2.22. The van der Waals surface area contributed by atoms with Crippen molar-refractivity contribution in [3.63, 3.8) is 0 Å². The minimum Gasteiger partial charge on any atom is -0.496 e. The average molecular weight is 296 g/mol. The van der Waals surface area contributed by atoms with Crippen LogP contribution in [0.2, 0.25) is 0 Å². The second-order valence-electron chi connectivity index (χ2n) is 5.45. The number of amides is 1. The first kappa shape index (κ1) is 14.6. The number of piperazine rings is 1. The molecule has 2 aromatic carbocycles. The first-order chi connectivity index (χ1) is 10.8. The molecule has 1 amide bonds. The van der Waals surface area contributed by atoms with Gasteiger partial charge in [-0.3, -0.25) is 10.1 Å². The van der Waals surface area contributed by atoms with Gasteiger partial charge in [-0.2, -0.15) is 0 Å². The Hall–Kier alpha value is -2.33. The summed E-state index contributed by atoms with van der Waals surface area (Å²) in [6.45, 7) is 0.574. The molecule has 2 N–H and O–H groups in total. The van der Waals surface area contributed by atoms with Gasteiger partial charge in [0.25, 0.3) is 0 Å². The van der Waals surface area contributed by atoms with Crippen LogP contribution in [0.25, 0.3) is 0 Å². The highest BCUT2D eigenvalue weighted by Gasteiger charge is 2.29. The van der Waals surface area contributed by atoms with Crippen molar-refractivity contribution >= 4 is 5.91 Å². The van der Waals surface area contributed by atoms with E-state index in [0.29, 0.717) is 13.0 Å². The maximum atomic E-state index is 12.1. The number of hydrogen-bond acceptors (Lipinski definition) is 3. The van der Waals surface area contributed by atoms with Gasteiger partial charge < -0.3 is 10.1 Å². The topological polar surface area (TPSA) is 50.4 Å². The zero-order valence-electron chi connectivity index (χ0n) is 12.6. The number of nitrogens with one attached hydrogen (secondary N) is 2. The summed E-state index contributed by atoms with van der Waals surface area (Å²) in [5, 5.41) is 6.45. The lowest BCUT2D eigenvalue weighted by atomic mass is 9.98. The Morgan fingerprint density at radius 2 is 1.82 bits per heavy atom. The minimum atomic E-state index is -0.230. The van der Waals surface area contributed by atoms with Crippen LogP contribution in [0.1, 0.15) is 17.2 Å². The van der Waals surface area contributed by atoms with Crippen LogP contribution in [0.5, 0.6) is 5.75 Å². The van der Waals surface area contributed by atoms with Gasteiger partial charge in [0.05, 0.1) is 19.2 Å². The molecule has 114 valence electrons. The Bertz CT molecular complexity index is 643. The Morgan fingerprint density at radius 3 is 2.59 bits per heavy atom.